The van der Waals surface area contributed by atoms with Gasteiger partial charge in [-0.2, -0.15) is 0 Å². The number of piperazine rings is 1. The van der Waals surface area contributed by atoms with E-state index in [1.807, 2.05) is 36.4 Å². The second kappa shape index (κ2) is 14.9. The summed E-state index contributed by atoms with van der Waals surface area (Å²) in [6, 6.07) is 12.2. The maximum Gasteiger partial charge on any atom is 0.237 e. The van der Waals surface area contributed by atoms with Crippen LogP contribution in [0.3, 0.4) is 0 Å². The summed E-state index contributed by atoms with van der Waals surface area (Å²) in [6.45, 7) is 5.66. The first-order chi connectivity index (χ1) is 22.8. The van der Waals surface area contributed by atoms with Crippen LogP contribution in [0.5, 0.6) is 11.8 Å². The van der Waals surface area contributed by atoms with E-state index in [1.165, 1.54) is 0 Å². The predicted molar refractivity (Wildman–Crippen MR) is 184 cm³/mol. The standard InChI is InChI=1S/C35H39Cl2N7O3/c1-21-19-44(16-15-38-21)20-30-35(47-3)43-29(18-40-30)26-11-6-9-24(33(26)37)23-8-5-10-25(32(23)36)28-17-39-27(34(42-28)46-2)12-4-7-22-13-14-31(45)41-22/h5-6,8-11,17-18,21-22,38H,4,7,12-16,19-20H2,1-3H3,(H,41,45)/t21-,22+/m0/s1. The Bertz CT molecular complexity index is 1750. The maximum absolute atomic E-state index is 11.5. The van der Waals surface area contributed by atoms with E-state index in [0.29, 0.717) is 64.2 Å². The van der Waals surface area contributed by atoms with Crippen molar-refractivity contribution in [1.29, 1.82) is 0 Å². The summed E-state index contributed by atoms with van der Waals surface area (Å²) in [5, 5.41) is 7.48. The van der Waals surface area contributed by atoms with Crippen LogP contribution in [-0.2, 0) is 17.8 Å². The summed E-state index contributed by atoms with van der Waals surface area (Å²) < 4.78 is 11.3. The number of aryl methyl sites for hydroxylation is 1. The highest BCUT2D eigenvalue weighted by Gasteiger charge is 2.23. The van der Waals surface area contributed by atoms with Crippen LogP contribution in [0.1, 0.15) is 44.0 Å². The minimum absolute atomic E-state index is 0.128. The van der Waals surface area contributed by atoms with Gasteiger partial charge in [-0.1, -0.05) is 59.6 Å². The fourth-order valence-electron chi connectivity index (χ4n) is 6.31. The SMILES string of the molecule is COc1nc(-c2cccc(-c3cccc(-c4cnc(CN5CCN[C@@H](C)C5)c(OC)n4)c3Cl)c2Cl)cnc1CCC[C@@H]1CCC(=O)N1. The molecule has 47 heavy (non-hydrogen) atoms. The molecule has 0 unspecified atom stereocenters. The highest BCUT2D eigenvalue weighted by molar-refractivity contribution is 6.39. The zero-order valence-corrected chi connectivity index (χ0v) is 28.4. The van der Waals surface area contributed by atoms with Crippen molar-refractivity contribution in [3.63, 3.8) is 0 Å². The molecule has 246 valence electrons. The largest absolute Gasteiger partial charge is 0.480 e. The van der Waals surface area contributed by atoms with Crippen LogP contribution in [0.4, 0.5) is 0 Å². The van der Waals surface area contributed by atoms with Crippen molar-refractivity contribution in [1.82, 2.24) is 35.5 Å². The van der Waals surface area contributed by atoms with Crippen LogP contribution in [0, 0.1) is 0 Å². The average Bonchev–Trinajstić information content (AvgIpc) is 3.50. The van der Waals surface area contributed by atoms with Gasteiger partial charge in [-0.3, -0.25) is 19.7 Å². The summed E-state index contributed by atoms with van der Waals surface area (Å²) >= 11 is 14.1. The molecule has 2 atom stereocenters. The summed E-state index contributed by atoms with van der Waals surface area (Å²) in [7, 11) is 3.20. The van der Waals surface area contributed by atoms with Crippen LogP contribution in [0.2, 0.25) is 10.0 Å². The van der Waals surface area contributed by atoms with Gasteiger partial charge in [0.25, 0.3) is 0 Å². The van der Waals surface area contributed by atoms with Crippen molar-refractivity contribution in [3.8, 4) is 45.4 Å². The van der Waals surface area contributed by atoms with Gasteiger partial charge in [0.1, 0.15) is 11.4 Å². The van der Waals surface area contributed by atoms with Gasteiger partial charge in [-0.05, 0) is 32.6 Å². The molecule has 6 rings (SSSR count). The molecule has 0 saturated carbocycles. The first-order valence-corrected chi connectivity index (χ1v) is 16.7. The minimum Gasteiger partial charge on any atom is -0.480 e. The van der Waals surface area contributed by atoms with Crippen molar-refractivity contribution in [3.05, 3.63) is 70.2 Å². The van der Waals surface area contributed by atoms with E-state index in [-0.39, 0.29) is 11.9 Å². The van der Waals surface area contributed by atoms with Crippen LogP contribution >= 0.6 is 23.2 Å². The van der Waals surface area contributed by atoms with Crippen molar-refractivity contribution in [2.24, 2.45) is 0 Å². The molecule has 2 saturated heterocycles. The predicted octanol–water partition coefficient (Wildman–Crippen LogP) is 5.99. The normalized spacial score (nSPS) is 18.3. The van der Waals surface area contributed by atoms with Gasteiger partial charge in [0.05, 0.1) is 48.0 Å². The zero-order chi connectivity index (χ0) is 32.9. The molecule has 4 heterocycles. The molecule has 2 aromatic carbocycles. The topological polar surface area (TPSA) is 114 Å². The first-order valence-electron chi connectivity index (χ1n) is 16.0. The van der Waals surface area contributed by atoms with Crippen molar-refractivity contribution < 1.29 is 14.3 Å². The lowest BCUT2D eigenvalue weighted by Gasteiger charge is -2.31. The maximum atomic E-state index is 11.5. The van der Waals surface area contributed by atoms with E-state index in [1.54, 1.807) is 26.6 Å². The number of amides is 1. The van der Waals surface area contributed by atoms with E-state index < -0.39 is 0 Å². The zero-order valence-electron chi connectivity index (χ0n) is 26.9. The van der Waals surface area contributed by atoms with Crippen LogP contribution in [0.25, 0.3) is 33.6 Å². The third-order valence-electron chi connectivity index (χ3n) is 8.73. The van der Waals surface area contributed by atoms with Gasteiger partial charge in [-0.15, -0.1) is 0 Å². The second-order valence-electron chi connectivity index (χ2n) is 12.0. The number of hydrogen-bond donors (Lipinski definition) is 2. The Balaban J connectivity index is 1.24. The van der Waals surface area contributed by atoms with E-state index >= 15 is 0 Å². The lowest BCUT2D eigenvalue weighted by Crippen LogP contribution is -2.48. The van der Waals surface area contributed by atoms with Gasteiger partial charge >= 0.3 is 0 Å². The van der Waals surface area contributed by atoms with E-state index in [9.17, 15) is 4.79 Å². The summed E-state index contributed by atoms with van der Waals surface area (Å²) in [5.74, 6) is 1.07. The molecule has 2 fully saturated rings. The molecule has 0 radical (unpaired) electrons. The number of methoxy groups -OCH3 is 2. The molecule has 2 aliphatic rings. The smallest absolute Gasteiger partial charge is 0.237 e. The molecule has 2 aliphatic heterocycles. The molecule has 12 heteroatoms. The molecule has 0 spiro atoms. The number of carbonyl (C=O) groups excluding carboxylic acids is 1. The molecule has 4 aromatic rings. The number of aromatic nitrogens is 4. The molecule has 2 N–H and O–H groups in total. The Morgan fingerprint density at radius 1 is 0.894 bits per heavy atom. The molecule has 10 nitrogen and oxygen atoms in total. The number of rotatable bonds is 11. The molecule has 2 aromatic heterocycles. The lowest BCUT2D eigenvalue weighted by atomic mass is 9.98. The van der Waals surface area contributed by atoms with Gasteiger partial charge in [0.15, 0.2) is 0 Å². The summed E-state index contributed by atoms with van der Waals surface area (Å²) in [4.78, 5) is 32.9. The van der Waals surface area contributed by atoms with E-state index in [2.05, 4.69) is 22.5 Å². The molecule has 1 amide bonds. The Kier molecular flexibility index (Phi) is 10.5. The summed E-state index contributed by atoms with van der Waals surface area (Å²) in [6.07, 6.45) is 7.42. The van der Waals surface area contributed by atoms with Crippen LogP contribution < -0.4 is 20.1 Å². The number of hydrogen-bond acceptors (Lipinski definition) is 9. The fourth-order valence-corrected chi connectivity index (χ4v) is 6.96. The first kappa shape index (κ1) is 33.1. The molecule has 0 aliphatic carbocycles. The third-order valence-corrected chi connectivity index (χ3v) is 9.54. The van der Waals surface area contributed by atoms with Crippen molar-refractivity contribution in [2.75, 3.05) is 33.9 Å². The number of halogens is 2. The van der Waals surface area contributed by atoms with Crippen LogP contribution in [-0.4, -0.2) is 76.7 Å². The highest BCUT2D eigenvalue weighted by Crippen LogP contribution is 2.42. The Morgan fingerprint density at radius 3 is 2.06 bits per heavy atom. The minimum atomic E-state index is 0.128. The average molecular weight is 677 g/mol. The van der Waals surface area contributed by atoms with Crippen molar-refractivity contribution >= 4 is 29.1 Å². The summed E-state index contributed by atoms with van der Waals surface area (Å²) in [5.41, 5.74) is 5.71. The van der Waals surface area contributed by atoms with Gasteiger partial charge < -0.3 is 20.1 Å². The quantitative estimate of drug-likeness (QED) is 0.198. The van der Waals surface area contributed by atoms with Crippen LogP contribution in [0.15, 0.2) is 48.8 Å². The van der Waals surface area contributed by atoms with Gasteiger partial charge in [0, 0.05) is 66.9 Å². The fraction of sp³-hybridized carbons (Fsp3) is 0.400. The second-order valence-corrected chi connectivity index (χ2v) is 12.8. The molecular weight excluding hydrogens is 637 g/mol. The Labute approximate surface area is 285 Å². The highest BCUT2D eigenvalue weighted by atomic mass is 35.5. The number of benzene rings is 2. The number of ether oxygens (including phenoxy) is 2. The number of nitrogens with one attached hydrogen (secondary N) is 2. The third kappa shape index (κ3) is 7.51. The Morgan fingerprint density at radius 2 is 1.49 bits per heavy atom. The van der Waals surface area contributed by atoms with E-state index in [4.69, 9.17) is 52.6 Å². The number of nitrogens with zero attached hydrogens (tertiary/aromatic N) is 5. The Hall–Kier alpha value is -3.83. The lowest BCUT2D eigenvalue weighted by molar-refractivity contribution is -0.119. The monoisotopic (exact) mass is 675 g/mol. The van der Waals surface area contributed by atoms with Gasteiger partial charge in [-0.25, -0.2) is 9.97 Å². The van der Waals surface area contributed by atoms with Crippen molar-refractivity contribution in [2.45, 2.75) is 57.7 Å². The molecular formula is C35H39Cl2N7O3. The van der Waals surface area contributed by atoms with E-state index in [0.717, 1.165) is 67.0 Å². The van der Waals surface area contributed by atoms with Gasteiger partial charge in [0.2, 0.25) is 17.7 Å². The number of carbonyl (C=O) groups is 1. The molecule has 0 bridgehead atoms.